The molecule has 150 valence electrons. The molecule has 1 aromatic carbocycles. The molecule has 0 atom stereocenters. The van der Waals surface area contributed by atoms with Gasteiger partial charge in [-0.1, -0.05) is 25.7 Å². The first-order valence-corrected chi connectivity index (χ1v) is 12.1. The van der Waals surface area contributed by atoms with Crippen molar-refractivity contribution in [3.63, 3.8) is 0 Å². The number of carbonyl (C=O) groups excluding carboxylic acids is 1. The van der Waals surface area contributed by atoms with Gasteiger partial charge >= 0.3 is 0 Å². The molecule has 1 aromatic rings. The number of anilines is 1. The molecule has 0 radical (unpaired) electrons. The van der Waals surface area contributed by atoms with E-state index in [1.54, 1.807) is 0 Å². The summed E-state index contributed by atoms with van der Waals surface area (Å²) >= 11 is 0. The number of sulfonamides is 2. The summed E-state index contributed by atoms with van der Waals surface area (Å²) in [4.78, 5) is 11.8. The number of methoxy groups -OCH3 is 1. The van der Waals surface area contributed by atoms with Crippen molar-refractivity contribution in [2.45, 2.75) is 55.9 Å². The summed E-state index contributed by atoms with van der Waals surface area (Å²) in [6.07, 6.45) is 5.52. The third-order valence-corrected chi connectivity index (χ3v) is 8.16. The first kappa shape index (κ1) is 20.1. The molecular weight excluding hydrogens is 392 g/mol. The number of ether oxygens (including phenoxy) is 1. The first-order valence-electron chi connectivity index (χ1n) is 9.01. The minimum atomic E-state index is -3.93. The number of hydrogen-bond acceptors (Lipinski definition) is 6. The number of carbonyl (C=O) groups is 1. The molecule has 2 aliphatic rings. The minimum absolute atomic E-state index is 0.0135. The highest BCUT2D eigenvalue weighted by molar-refractivity contribution is 7.94. The van der Waals surface area contributed by atoms with Gasteiger partial charge in [0, 0.05) is 12.5 Å². The maximum absolute atomic E-state index is 13.0. The molecule has 0 unspecified atom stereocenters. The number of hydrogen-bond donors (Lipinski definition) is 1. The fourth-order valence-electron chi connectivity index (χ4n) is 3.55. The van der Waals surface area contributed by atoms with Crippen LogP contribution in [0.3, 0.4) is 0 Å². The zero-order valence-electron chi connectivity index (χ0n) is 15.2. The van der Waals surface area contributed by atoms with Crippen molar-refractivity contribution in [1.82, 2.24) is 4.72 Å². The average molecular weight is 417 g/mol. The zero-order valence-corrected chi connectivity index (χ0v) is 16.8. The molecule has 2 fully saturated rings. The summed E-state index contributed by atoms with van der Waals surface area (Å²) in [5.74, 6) is -0.746. The SMILES string of the molecule is COc1ccc(N2C(=O)CCS2(=O)=O)cc1S(=O)(=O)NC1CCCCCC1. The van der Waals surface area contributed by atoms with E-state index in [-0.39, 0.29) is 34.5 Å². The van der Waals surface area contributed by atoms with Gasteiger partial charge in [0.1, 0.15) is 10.6 Å². The lowest BCUT2D eigenvalue weighted by Crippen LogP contribution is -2.35. The van der Waals surface area contributed by atoms with Gasteiger partial charge in [0.15, 0.2) is 0 Å². The molecule has 1 aliphatic heterocycles. The number of benzene rings is 1. The van der Waals surface area contributed by atoms with Gasteiger partial charge in [-0.15, -0.1) is 0 Å². The van der Waals surface area contributed by atoms with Crippen molar-refractivity contribution >= 4 is 31.6 Å². The van der Waals surface area contributed by atoms with Crippen molar-refractivity contribution in [3.8, 4) is 5.75 Å². The largest absolute Gasteiger partial charge is 0.495 e. The standard InChI is InChI=1S/C17H24N2O6S2/c1-25-15-9-8-14(19-17(20)10-11-26(19,21)22)12-16(15)27(23,24)18-13-6-4-2-3-5-7-13/h8-9,12-13,18H,2-7,10-11H2,1H3. The number of nitrogens with zero attached hydrogens (tertiary/aromatic N) is 1. The van der Waals surface area contributed by atoms with Gasteiger partial charge in [-0.3, -0.25) is 4.79 Å². The van der Waals surface area contributed by atoms with E-state index in [9.17, 15) is 21.6 Å². The molecule has 0 bridgehead atoms. The van der Waals surface area contributed by atoms with Gasteiger partial charge in [-0.25, -0.2) is 25.9 Å². The predicted octanol–water partition coefficient (Wildman–Crippen LogP) is 1.76. The van der Waals surface area contributed by atoms with E-state index < -0.39 is 26.0 Å². The normalized spacial score (nSPS) is 21.2. The second-order valence-corrected chi connectivity index (χ2v) is 10.5. The molecule has 8 nitrogen and oxygen atoms in total. The van der Waals surface area contributed by atoms with Gasteiger partial charge in [0.05, 0.1) is 18.6 Å². The van der Waals surface area contributed by atoms with E-state index >= 15 is 0 Å². The Hall–Kier alpha value is -1.65. The highest BCUT2D eigenvalue weighted by Crippen LogP contribution is 2.33. The summed E-state index contributed by atoms with van der Waals surface area (Å²) < 4.78 is 58.8. The van der Waals surface area contributed by atoms with E-state index in [1.165, 1.54) is 25.3 Å². The van der Waals surface area contributed by atoms with Crippen LogP contribution in [0.25, 0.3) is 0 Å². The lowest BCUT2D eigenvalue weighted by atomic mass is 10.1. The van der Waals surface area contributed by atoms with E-state index in [1.807, 2.05) is 0 Å². The third-order valence-electron chi connectivity index (χ3n) is 4.93. The van der Waals surface area contributed by atoms with Crippen LogP contribution in [0.4, 0.5) is 5.69 Å². The van der Waals surface area contributed by atoms with Crippen molar-refractivity contribution in [3.05, 3.63) is 18.2 Å². The van der Waals surface area contributed by atoms with Crippen LogP contribution in [0.15, 0.2) is 23.1 Å². The summed E-state index contributed by atoms with van der Waals surface area (Å²) in [6, 6.07) is 3.78. The predicted molar refractivity (Wildman–Crippen MR) is 101 cm³/mol. The summed E-state index contributed by atoms with van der Waals surface area (Å²) in [7, 11) is -6.36. The van der Waals surface area contributed by atoms with Gasteiger partial charge in [0.25, 0.3) is 0 Å². The summed E-state index contributed by atoms with van der Waals surface area (Å²) in [6.45, 7) is 0. The molecule has 0 aromatic heterocycles. The fourth-order valence-corrected chi connectivity index (χ4v) is 6.50. The van der Waals surface area contributed by atoms with Crippen LogP contribution >= 0.6 is 0 Å². The lowest BCUT2D eigenvalue weighted by molar-refractivity contribution is -0.116. The van der Waals surface area contributed by atoms with Crippen molar-refractivity contribution < 1.29 is 26.4 Å². The molecule has 0 spiro atoms. The Labute approximate surface area is 160 Å². The maximum atomic E-state index is 13.0. The highest BCUT2D eigenvalue weighted by Gasteiger charge is 2.37. The van der Waals surface area contributed by atoms with Gasteiger partial charge in [-0.05, 0) is 31.0 Å². The van der Waals surface area contributed by atoms with E-state index in [0.717, 1.165) is 38.5 Å². The Morgan fingerprint density at radius 3 is 2.37 bits per heavy atom. The maximum Gasteiger partial charge on any atom is 0.244 e. The number of nitrogens with one attached hydrogen (secondary N) is 1. The Morgan fingerprint density at radius 1 is 1.15 bits per heavy atom. The molecule has 10 heteroatoms. The Bertz CT molecular complexity index is 919. The molecule has 1 N–H and O–H groups in total. The number of amides is 1. The average Bonchev–Trinajstić information content (AvgIpc) is 2.79. The molecule has 27 heavy (non-hydrogen) atoms. The van der Waals surface area contributed by atoms with Crippen molar-refractivity contribution in [2.75, 3.05) is 17.2 Å². The topological polar surface area (TPSA) is 110 Å². The van der Waals surface area contributed by atoms with Gasteiger partial charge in [-0.2, -0.15) is 0 Å². The Balaban J connectivity index is 1.97. The second kappa shape index (κ2) is 7.76. The lowest BCUT2D eigenvalue weighted by Gasteiger charge is -2.20. The first-order chi connectivity index (χ1) is 12.7. The van der Waals surface area contributed by atoms with E-state index in [4.69, 9.17) is 4.74 Å². The Kier molecular flexibility index (Phi) is 5.78. The molecule has 3 rings (SSSR count). The Morgan fingerprint density at radius 2 is 1.81 bits per heavy atom. The van der Waals surface area contributed by atoms with Crippen LogP contribution in [0, 0.1) is 0 Å². The van der Waals surface area contributed by atoms with Crippen LogP contribution in [0.5, 0.6) is 5.75 Å². The molecule has 1 aliphatic carbocycles. The zero-order chi connectivity index (χ0) is 19.7. The quantitative estimate of drug-likeness (QED) is 0.733. The van der Waals surface area contributed by atoms with Crippen LogP contribution in [0.2, 0.25) is 0 Å². The van der Waals surface area contributed by atoms with Crippen LogP contribution < -0.4 is 13.8 Å². The summed E-state index contributed by atoms with van der Waals surface area (Å²) in [5, 5.41) is 0. The monoisotopic (exact) mass is 416 g/mol. The third kappa shape index (κ3) is 4.27. The second-order valence-electron chi connectivity index (χ2n) is 6.87. The smallest absolute Gasteiger partial charge is 0.244 e. The van der Waals surface area contributed by atoms with E-state index in [0.29, 0.717) is 4.31 Å². The molecule has 1 amide bonds. The summed E-state index contributed by atoms with van der Waals surface area (Å²) in [5.41, 5.74) is 0.0135. The van der Waals surface area contributed by atoms with Crippen molar-refractivity contribution in [1.29, 1.82) is 0 Å². The van der Waals surface area contributed by atoms with Gasteiger partial charge < -0.3 is 4.74 Å². The molecule has 1 saturated carbocycles. The van der Waals surface area contributed by atoms with Crippen LogP contribution in [-0.4, -0.2) is 41.6 Å². The van der Waals surface area contributed by atoms with Gasteiger partial charge in [0.2, 0.25) is 26.0 Å². The molecule has 1 saturated heterocycles. The van der Waals surface area contributed by atoms with Crippen LogP contribution in [0.1, 0.15) is 44.9 Å². The molecule has 1 heterocycles. The highest BCUT2D eigenvalue weighted by atomic mass is 32.2. The molecular formula is C17H24N2O6S2. The number of rotatable bonds is 5. The minimum Gasteiger partial charge on any atom is -0.495 e. The van der Waals surface area contributed by atoms with Crippen LogP contribution in [-0.2, 0) is 24.8 Å². The fraction of sp³-hybridized carbons (Fsp3) is 0.588. The van der Waals surface area contributed by atoms with Crippen molar-refractivity contribution in [2.24, 2.45) is 0 Å². The van der Waals surface area contributed by atoms with E-state index in [2.05, 4.69) is 4.72 Å².